The van der Waals surface area contributed by atoms with Gasteiger partial charge in [-0.3, -0.25) is 4.79 Å². The second kappa shape index (κ2) is 5.57. The molecule has 0 aromatic carbocycles. The zero-order valence-electron chi connectivity index (χ0n) is 13.5. The standard InChI is InChI=1S/C18H30N2O/c1-19-10-2-4-16(19)17-5-3-11-20(17)18(21)12-15(13-6-7-13)14-8-9-14/h13-17H,2-12H2,1H3. The van der Waals surface area contributed by atoms with Gasteiger partial charge in [0.1, 0.15) is 0 Å². The summed E-state index contributed by atoms with van der Waals surface area (Å²) in [5.41, 5.74) is 0. The predicted molar refractivity (Wildman–Crippen MR) is 83.9 cm³/mol. The second-order valence-electron chi connectivity index (χ2n) is 8.03. The summed E-state index contributed by atoms with van der Waals surface area (Å²) in [6, 6.07) is 1.15. The number of hydrogen-bond acceptors (Lipinski definition) is 2. The molecule has 2 saturated carbocycles. The number of carbonyl (C=O) groups is 1. The maximum atomic E-state index is 12.9. The highest BCUT2D eigenvalue weighted by Crippen LogP contribution is 2.51. The Hall–Kier alpha value is -0.570. The zero-order chi connectivity index (χ0) is 14.4. The van der Waals surface area contributed by atoms with Crippen LogP contribution in [0.1, 0.15) is 57.8 Å². The highest BCUT2D eigenvalue weighted by molar-refractivity contribution is 5.77. The molecule has 4 rings (SSSR count). The molecule has 2 saturated heterocycles. The minimum Gasteiger partial charge on any atom is -0.338 e. The SMILES string of the molecule is CN1CCCC1C1CCCN1C(=O)CC(C1CC1)C1CC1. The molecule has 0 N–H and O–H groups in total. The molecule has 0 radical (unpaired) electrons. The van der Waals surface area contributed by atoms with Crippen LogP contribution in [0.15, 0.2) is 0 Å². The molecule has 2 heterocycles. The fraction of sp³-hybridized carbons (Fsp3) is 0.944. The molecule has 3 nitrogen and oxygen atoms in total. The van der Waals surface area contributed by atoms with Gasteiger partial charge in [0, 0.05) is 25.0 Å². The molecule has 2 atom stereocenters. The van der Waals surface area contributed by atoms with Gasteiger partial charge in [0.2, 0.25) is 5.91 Å². The van der Waals surface area contributed by atoms with Gasteiger partial charge in [-0.25, -0.2) is 0 Å². The van der Waals surface area contributed by atoms with E-state index in [-0.39, 0.29) is 0 Å². The molecule has 4 fully saturated rings. The van der Waals surface area contributed by atoms with E-state index in [0.29, 0.717) is 18.0 Å². The summed E-state index contributed by atoms with van der Waals surface area (Å²) in [5, 5.41) is 0. The van der Waals surface area contributed by atoms with E-state index in [1.165, 1.54) is 57.9 Å². The Morgan fingerprint density at radius 1 is 0.952 bits per heavy atom. The number of nitrogens with zero attached hydrogens (tertiary/aromatic N) is 2. The Balaban J connectivity index is 1.40. The van der Waals surface area contributed by atoms with Gasteiger partial charge in [-0.1, -0.05) is 0 Å². The van der Waals surface area contributed by atoms with Crippen molar-refractivity contribution in [3.63, 3.8) is 0 Å². The van der Waals surface area contributed by atoms with Crippen LogP contribution in [0.5, 0.6) is 0 Å². The number of likely N-dealkylation sites (N-methyl/N-ethyl adjacent to an activating group) is 1. The van der Waals surface area contributed by atoms with Gasteiger partial charge in [0.15, 0.2) is 0 Å². The largest absolute Gasteiger partial charge is 0.338 e. The summed E-state index contributed by atoms with van der Waals surface area (Å²) < 4.78 is 0. The van der Waals surface area contributed by atoms with Gasteiger partial charge in [0.05, 0.1) is 0 Å². The van der Waals surface area contributed by atoms with Crippen molar-refractivity contribution in [2.45, 2.75) is 69.9 Å². The van der Waals surface area contributed by atoms with Crippen molar-refractivity contribution in [3.05, 3.63) is 0 Å². The van der Waals surface area contributed by atoms with Crippen LogP contribution in [0, 0.1) is 17.8 Å². The van der Waals surface area contributed by atoms with E-state index in [1.54, 1.807) is 0 Å². The number of carbonyl (C=O) groups excluding carboxylic acids is 1. The molecule has 0 aromatic heterocycles. The Kier molecular flexibility index (Phi) is 3.72. The average Bonchev–Trinajstić information content (AvgIpc) is 3.39. The Labute approximate surface area is 129 Å². The summed E-state index contributed by atoms with van der Waals surface area (Å²) in [6.07, 6.45) is 11.5. The summed E-state index contributed by atoms with van der Waals surface area (Å²) in [7, 11) is 2.25. The maximum absolute atomic E-state index is 12.9. The van der Waals surface area contributed by atoms with E-state index in [4.69, 9.17) is 0 Å². The third kappa shape index (κ3) is 2.86. The van der Waals surface area contributed by atoms with E-state index in [0.717, 1.165) is 30.7 Å². The lowest BCUT2D eigenvalue weighted by Gasteiger charge is -2.34. The first kappa shape index (κ1) is 14.0. The van der Waals surface area contributed by atoms with Gasteiger partial charge < -0.3 is 9.80 Å². The lowest BCUT2D eigenvalue weighted by molar-refractivity contribution is -0.134. The van der Waals surface area contributed by atoms with E-state index in [1.807, 2.05) is 0 Å². The van der Waals surface area contributed by atoms with E-state index < -0.39 is 0 Å². The highest BCUT2D eigenvalue weighted by Gasteiger charge is 2.44. The Morgan fingerprint density at radius 2 is 1.57 bits per heavy atom. The molecule has 4 aliphatic rings. The molecule has 2 unspecified atom stereocenters. The van der Waals surface area contributed by atoms with Crippen molar-refractivity contribution < 1.29 is 4.79 Å². The van der Waals surface area contributed by atoms with Crippen LogP contribution in [0.2, 0.25) is 0 Å². The molecule has 3 heteroatoms. The quantitative estimate of drug-likeness (QED) is 0.777. The van der Waals surface area contributed by atoms with Crippen LogP contribution in [0.4, 0.5) is 0 Å². The Morgan fingerprint density at radius 3 is 2.14 bits per heavy atom. The third-order valence-corrected chi connectivity index (χ3v) is 6.51. The number of rotatable bonds is 5. The van der Waals surface area contributed by atoms with Crippen molar-refractivity contribution >= 4 is 5.91 Å². The molecule has 2 aliphatic carbocycles. The lowest BCUT2D eigenvalue weighted by Crippen LogP contribution is -2.47. The molecular weight excluding hydrogens is 260 g/mol. The zero-order valence-corrected chi connectivity index (χ0v) is 13.5. The second-order valence-corrected chi connectivity index (χ2v) is 8.03. The first-order valence-corrected chi connectivity index (χ1v) is 9.24. The maximum Gasteiger partial charge on any atom is 0.223 e. The number of hydrogen-bond donors (Lipinski definition) is 0. The fourth-order valence-electron chi connectivity index (χ4n) is 5.01. The highest BCUT2D eigenvalue weighted by atomic mass is 16.2. The van der Waals surface area contributed by atoms with Crippen molar-refractivity contribution in [2.75, 3.05) is 20.1 Å². The van der Waals surface area contributed by atoms with Crippen LogP contribution < -0.4 is 0 Å². The molecule has 21 heavy (non-hydrogen) atoms. The van der Waals surface area contributed by atoms with Crippen LogP contribution in [-0.4, -0.2) is 47.9 Å². The number of amides is 1. The number of likely N-dealkylation sites (tertiary alicyclic amines) is 2. The van der Waals surface area contributed by atoms with E-state index in [2.05, 4.69) is 16.8 Å². The molecule has 0 bridgehead atoms. The monoisotopic (exact) mass is 290 g/mol. The molecule has 0 spiro atoms. The average molecular weight is 290 g/mol. The lowest BCUT2D eigenvalue weighted by atomic mass is 9.93. The van der Waals surface area contributed by atoms with Gasteiger partial charge >= 0.3 is 0 Å². The molecule has 1 amide bonds. The first-order chi connectivity index (χ1) is 10.2. The van der Waals surface area contributed by atoms with E-state index >= 15 is 0 Å². The Bertz CT molecular complexity index is 390. The van der Waals surface area contributed by atoms with Crippen molar-refractivity contribution in [3.8, 4) is 0 Å². The van der Waals surface area contributed by atoms with Crippen LogP contribution in [-0.2, 0) is 4.79 Å². The molecule has 2 aliphatic heterocycles. The predicted octanol–water partition coefficient (Wildman–Crippen LogP) is 2.90. The molecule has 118 valence electrons. The van der Waals surface area contributed by atoms with E-state index in [9.17, 15) is 4.79 Å². The smallest absolute Gasteiger partial charge is 0.223 e. The fourth-order valence-corrected chi connectivity index (χ4v) is 5.01. The van der Waals surface area contributed by atoms with Crippen LogP contribution in [0.25, 0.3) is 0 Å². The first-order valence-electron chi connectivity index (χ1n) is 9.24. The third-order valence-electron chi connectivity index (χ3n) is 6.51. The minimum atomic E-state index is 0.488. The van der Waals surface area contributed by atoms with Gasteiger partial charge in [0.25, 0.3) is 0 Å². The van der Waals surface area contributed by atoms with Gasteiger partial charge in [-0.15, -0.1) is 0 Å². The summed E-state index contributed by atoms with van der Waals surface area (Å²) in [6.45, 7) is 2.24. The minimum absolute atomic E-state index is 0.488. The molecule has 0 aromatic rings. The van der Waals surface area contributed by atoms with Gasteiger partial charge in [-0.05, 0) is 82.7 Å². The van der Waals surface area contributed by atoms with Crippen LogP contribution in [0.3, 0.4) is 0 Å². The van der Waals surface area contributed by atoms with Crippen LogP contribution >= 0.6 is 0 Å². The summed E-state index contributed by atoms with van der Waals surface area (Å²) in [4.78, 5) is 17.7. The van der Waals surface area contributed by atoms with Gasteiger partial charge in [-0.2, -0.15) is 0 Å². The normalized spacial score (nSPS) is 34.1. The summed E-state index contributed by atoms with van der Waals surface area (Å²) in [5.74, 6) is 3.02. The molecular formula is C18H30N2O. The van der Waals surface area contributed by atoms with Crippen molar-refractivity contribution in [2.24, 2.45) is 17.8 Å². The summed E-state index contributed by atoms with van der Waals surface area (Å²) >= 11 is 0. The van der Waals surface area contributed by atoms with Crippen molar-refractivity contribution in [1.29, 1.82) is 0 Å². The topological polar surface area (TPSA) is 23.6 Å². The van der Waals surface area contributed by atoms with Crippen molar-refractivity contribution in [1.82, 2.24) is 9.80 Å².